The summed E-state index contributed by atoms with van der Waals surface area (Å²) in [5, 5.41) is 3.27. The van der Waals surface area contributed by atoms with Crippen molar-refractivity contribution < 1.29 is 9.53 Å². The van der Waals surface area contributed by atoms with E-state index in [9.17, 15) is 4.79 Å². The Labute approximate surface area is 118 Å². The predicted octanol–water partition coefficient (Wildman–Crippen LogP) is 3.04. The first-order valence-corrected chi connectivity index (χ1v) is 6.96. The number of carbonyl (C=O) groups is 1. The number of ether oxygens (including phenoxy) is 1. The van der Waals surface area contributed by atoms with Crippen molar-refractivity contribution in [2.75, 3.05) is 13.7 Å². The summed E-state index contributed by atoms with van der Waals surface area (Å²) in [5.74, 6) is -0.263. The first kappa shape index (κ1) is 14.7. The zero-order chi connectivity index (χ0) is 12.8. The van der Waals surface area contributed by atoms with E-state index in [-0.39, 0.29) is 16.8 Å². The first-order valence-electron chi connectivity index (χ1n) is 5.25. The normalized spacial score (nSPS) is 14.1. The van der Waals surface area contributed by atoms with Gasteiger partial charge in [-0.05, 0) is 24.6 Å². The molecule has 5 heteroatoms. The van der Waals surface area contributed by atoms with Gasteiger partial charge in [-0.2, -0.15) is 0 Å². The van der Waals surface area contributed by atoms with Crippen molar-refractivity contribution >= 4 is 37.8 Å². The Morgan fingerprint density at radius 2 is 2.00 bits per heavy atom. The number of alkyl halides is 1. The number of esters is 1. The molecule has 0 radical (unpaired) electrons. The quantitative estimate of drug-likeness (QED) is 0.644. The van der Waals surface area contributed by atoms with Gasteiger partial charge in [0, 0.05) is 17.1 Å². The number of hydrogen-bond acceptors (Lipinski definition) is 3. The summed E-state index contributed by atoms with van der Waals surface area (Å²) in [6.07, 6.45) is 0. The third-order valence-electron chi connectivity index (χ3n) is 2.43. The molecule has 0 aliphatic carbocycles. The maximum Gasteiger partial charge on any atom is 0.320 e. The minimum atomic E-state index is -0.314. The van der Waals surface area contributed by atoms with Gasteiger partial charge in [0.05, 0.1) is 7.11 Å². The number of rotatable bonds is 5. The summed E-state index contributed by atoms with van der Waals surface area (Å²) in [4.78, 5) is 10.9. The van der Waals surface area contributed by atoms with Crippen LogP contribution < -0.4 is 5.32 Å². The Morgan fingerprint density at radius 1 is 1.41 bits per heavy atom. The first-order chi connectivity index (χ1) is 8.04. The summed E-state index contributed by atoms with van der Waals surface area (Å²) < 4.78 is 5.69. The zero-order valence-electron chi connectivity index (χ0n) is 9.74. The van der Waals surface area contributed by atoms with Gasteiger partial charge < -0.3 is 10.1 Å². The molecule has 0 heterocycles. The van der Waals surface area contributed by atoms with E-state index in [0.717, 1.165) is 4.47 Å². The lowest BCUT2D eigenvalue weighted by atomic mass is 10.1. The molecule has 0 amide bonds. The van der Waals surface area contributed by atoms with Crippen LogP contribution in [-0.2, 0) is 9.53 Å². The van der Waals surface area contributed by atoms with Crippen molar-refractivity contribution in [3.05, 3.63) is 34.3 Å². The molecular formula is C12H15Br2NO2. The van der Waals surface area contributed by atoms with Crippen LogP contribution in [0.3, 0.4) is 0 Å². The molecule has 0 fully saturated rings. The number of halogens is 2. The average molecular weight is 365 g/mol. The van der Waals surface area contributed by atoms with E-state index in [2.05, 4.69) is 48.8 Å². The van der Waals surface area contributed by atoms with E-state index >= 15 is 0 Å². The van der Waals surface area contributed by atoms with Gasteiger partial charge in [-0.1, -0.05) is 44.0 Å². The number of methoxy groups -OCH3 is 1. The molecule has 2 unspecified atom stereocenters. The summed E-state index contributed by atoms with van der Waals surface area (Å²) in [7, 11) is 1.38. The van der Waals surface area contributed by atoms with Crippen LogP contribution in [0.5, 0.6) is 0 Å². The van der Waals surface area contributed by atoms with E-state index in [1.165, 1.54) is 12.7 Å². The minimum Gasteiger partial charge on any atom is -0.468 e. The molecule has 1 N–H and O–H groups in total. The molecule has 3 nitrogen and oxygen atoms in total. The topological polar surface area (TPSA) is 38.3 Å². The van der Waals surface area contributed by atoms with Crippen molar-refractivity contribution in [1.29, 1.82) is 0 Å². The number of hydrogen-bond donors (Lipinski definition) is 1. The lowest BCUT2D eigenvalue weighted by Crippen LogP contribution is -2.31. The van der Waals surface area contributed by atoms with Crippen LogP contribution in [0.4, 0.5) is 0 Å². The minimum absolute atomic E-state index is 0.188. The molecule has 1 aromatic rings. The Kier molecular flexibility index (Phi) is 6.16. The summed E-state index contributed by atoms with van der Waals surface area (Å²) in [6, 6.07) is 8.28. The van der Waals surface area contributed by atoms with Crippen LogP contribution in [0, 0.1) is 0 Å². The van der Waals surface area contributed by atoms with Crippen LogP contribution >= 0.6 is 31.9 Å². The van der Waals surface area contributed by atoms with E-state index < -0.39 is 0 Å². The zero-order valence-corrected chi connectivity index (χ0v) is 12.9. The Balaban J connectivity index is 2.47. The maximum absolute atomic E-state index is 11.2. The molecule has 1 rings (SSSR count). The second kappa shape index (κ2) is 7.13. The van der Waals surface area contributed by atoms with Crippen LogP contribution in [0.25, 0.3) is 0 Å². The largest absolute Gasteiger partial charge is 0.468 e. The van der Waals surface area contributed by atoms with Gasteiger partial charge in [0.15, 0.2) is 0 Å². The molecule has 0 saturated carbocycles. The van der Waals surface area contributed by atoms with Gasteiger partial charge in [-0.25, -0.2) is 0 Å². The van der Waals surface area contributed by atoms with Crippen molar-refractivity contribution in [3.8, 4) is 0 Å². The Bertz CT molecular complexity index is 367. The van der Waals surface area contributed by atoms with Crippen LogP contribution in [-0.4, -0.2) is 24.5 Å². The molecule has 0 bridgehead atoms. The Morgan fingerprint density at radius 3 is 2.53 bits per heavy atom. The van der Waals surface area contributed by atoms with E-state index in [1.54, 1.807) is 0 Å². The highest BCUT2D eigenvalue weighted by Gasteiger charge is 2.16. The molecule has 0 aliphatic rings. The van der Waals surface area contributed by atoms with Crippen LogP contribution in [0.1, 0.15) is 18.5 Å². The molecule has 0 spiro atoms. The molecule has 17 heavy (non-hydrogen) atoms. The van der Waals surface area contributed by atoms with Gasteiger partial charge in [-0.3, -0.25) is 4.79 Å². The monoisotopic (exact) mass is 363 g/mol. The highest BCUT2D eigenvalue weighted by molar-refractivity contribution is 9.10. The van der Waals surface area contributed by atoms with Crippen LogP contribution in [0.2, 0.25) is 0 Å². The molecule has 1 aromatic carbocycles. The average Bonchev–Trinajstić information content (AvgIpc) is 2.35. The lowest BCUT2D eigenvalue weighted by molar-refractivity contribution is -0.139. The number of benzene rings is 1. The third kappa shape index (κ3) is 4.77. The second-order valence-corrected chi connectivity index (χ2v) is 5.69. The fourth-order valence-corrected chi connectivity index (χ4v) is 2.00. The fourth-order valence-electron chi connectivity index (χ4n) is 1.36. The van der Waals surface area contributed by atoms with Crippen molar-refractivity contribution in [2.24, 2.45) is 0 Å². The van der Waals surface area contributed by atoms with Crippen molar-refractivity contribution in [3.63, 3.8) is 0 Å². The summed E-state index contributed by atoms with van der Waals surface area (Å²) >= 11 is 6.67. The summed E-state index contributed by atoms with van der Waals surface area (Å²) in [5.41, 5.74) is 1.18. The van der Waals surface area contributed by atoms with Gasteiger partial charge >= 0.3 is 5.97 Å². The Hall–Kier alpha value is -0.390. The fraction of sp³-hybridized carbons (Fsp3) is 0.417. The van der Waals surface area contributed by atoms with Gasteiger partial charge in [0.2, 0.25) is 0 Å². The van der Waals surface area contributed by atoms with Crippen LogP contribution in [0.15, 0.2) is 28.7 Å². The van der Waals surface area contributed by atoms with E-state index in [1.807, 2.05) is 24.3 Å². The molecule has 2 atom stereocenters. The molecule has 0 aliphatic heterocycles. The predicted molar refractivity (Wildman–Crippen MR) is 75.3 cm³/mol. The maximum atomic E-state index is 11.2. The van der Waals surface area contributed by atoms with Gasteiger partial charge in [0.1, 0.15) is 4.83 Å². The second-order valence-electron chi connectivity index (χ2n) is 3.67. The van der Waals surface area contributed by atoms with Crippen molar-refractivity contribution in [1.82, 2.24) is 5.32 Å². The molecular weight excluding hydrogens is 350 g/mol. The van der Waals surface area contributed by atoms with Crippen molar-refractivity contribution in [2.45, 2.75) is 17.8 Å². The number of nitrogens with one attached hydrogen (secondary N) is 1. The molecule has 0 saturated heterocycles. The summed E-state index contributed by atoms with van der Waals surface area (Å²) in [6.45, 7) is 2.59. The lowest BCUT2D eigenvalue weighted by Gasteiger charge is -2.16. The third-order valence-corrected chi connectivity index (χ3v) is 3.66. The standard InChI is InChI=1S/C12H15Br2NO2/c1-8(9-3-5-10(13)6-4-9)15-7-11(14)12(16)17-2/h3-6,8,11,15H,7H2,1-2H3. The van der Waals surface area contributed by atoms with E-state index in [4.69, 9.17) is 0 Å². The highest BCUT2D eigenvalue weighted by atomic mass is 79.9. The molecule has 0 aromatic heterocycles. The SMILES string of the molecule is COC(=O)C(Br)CNC(C)c1ccc(Br)cc1. The number of carbonyl (C=O) groups excluding carboxylic acids is 1. The van der Waals surface area contributed by atoms with Gasteiger partial charge in [0.25, 0.3) is 0 Å². The highest BCUT2D eigenvalue weighted by Crippen LogP contribution is 2.16. The van der Waals surface area contributed by atoms with E-state index in [0.29, 0.717) is 6.54 Å². The van der Waals surface area contributed by atoms with Gasteiger partial charge in [-0.15, -0.1) is 0 Å². The smallest absolute Gasteiger partial charge is 0.320 e. The molecule has 94 valence electrons.